The van der Waals surface area contributed by atoms with Gasteiger partial charge in [0.25, 0.3) is 0 Å². The van der Waals surface area contributed by atoms with E-state index in [1.54, 1.807) is 7.05 Å². The number of Topliss-reactive ketones (excluding diaryl/α,β-unsaturated/α-hetero) is 1. The van der Waals surface area contributed by atoms with E-state index in [1.807, 2.05) is 0 Å². The maximum absolute atomic E-state index is 10.6. The van der Waals surface area contributed by atoms with Crippen LogP contribution in [0.4, 0.5) is 0 Å². The SMILES string of the molecule is CN[C@@H](CC(O)O)C(C)=O. The van der Waals surface area contributed by atoms with Crippen LogP contribution in [0.3, 0.4) is 0 Å². The lowest BCUT2D eigenvalue weighted by molar-refractivity contribution is -0.122. The first-order valence-corrected chi connectivity index (χ1v) is 3.11. The molecule has 0 aliphatic carbocycles. The molecule has 0 saturated carbocycles. The summed E-state index contributed by atoms with van der Waals surface area (Å²) in [6, 6.07) is -0.444. The van der Waals surface area contributed by atoms with Crippen molar-refractivity contribution in [1.29, 1.82) is 0 Å². The molecule has 0 fully saturated rings. The molecular weight excluding hydrogens is 134 g/mol. The van der Waals surface area contributed by atoms with Gasteiger partial charge in [-0.2, -0.15) is 0 Å². The number of carbonyl (C=O) groups excluding carboxylic acids is 1. The summed E-state index contributed by atoms with van der Waals surface area (Å²) in [7, 11) is 1.61. The van der Waals surface area contributed by atoms with Crippen LogP contribution in [-0.2, 0) is 4.79 Å². The molecule has 0 rings (SSSR count). The van der Waals surface area contributed by atoms with Gasteiger partial charge in [-0.25, -0.2) is 0 Å². The summed E-state index contributed by atoms with van der Waals surface area (Å²) in [5.74, 6) is -0.0874. The Labute approximate surface area is 59.9 Å². The Balaban J connectivity index is 3.72. The summed E-state index contributed by atoms with van der Waals surface area (Å²) >= 11 is 0. The third-order valence-corrected chi connectivity index (χ3v) is 1.29. The molecule has 0 aromatic heterocycles. The van der Waals surface area contributed by atoms with Crippen LogP contribution >= 0.6 is 0 Å². The second kappa shape index (κ2) is 4.38. The van der Waals surface area contributed by atoms with Gasteiger partial charge in [0, 0.05) is 6.42 Å². The molecule has 0 aliphatic heterocycles. The summed E-state index contributed by atoms with van der Waals surface area (Å²) in [5.41, 5.74) is 0. The van der Waals surface area contributed by atoms with Crippen LogP contribution in [-0.4, -0.2) is 35.4 Å². The predicted octanol–water partition coefficient (Wildman–Crippen LogP) is -1.14. The third-order valence-electron chi connectivity index (χ3n) is 1.29. The Morgan fingerprint density at radius 1 is 1.60 bits per heavy atom. The van der Waals surface area contributed by atoms with Gasteiger partial charge < -0.3 is 15.5 Å². The van der Waals surface area contributed by atoms with Crippen LogP contribution in [0, 0.1) is 0 Å². The number of carbonyl (C=O) groups is 1. The van der Waals surface area contributed by atoms with Crippen molar-refractivity contribution in [2.75, 3.05) is 7.05 Å². The van der Waals surface area contributed by atoms with Crippen molar-refractivity contribution in [2.24, 2.45) is 0 Å². The van der Waals surface area contributed by atoms with Gasteiger partial charge in [0.2, 0.25) is 0 Å². The highest BCUT2D eigenvalue weighted by Crippen LogP contribution is 1.95. The fraction of sp³-hybridized carbons (Fsp3) is 0.833. The van der Waals surface area contributed by atoms with E-state index in [0.717, 1.165) is 0 Å². The number of ketones is 1. The summed E-state index contributed by atoms with van der Waals surface area (Å²) in [5, 5.41) is 19.6. The average Bonchev–Trinajstić information content (AvgIpc) is 1.81. The highest BCUT2D eigenvalue weighted by molar-refractivity contribution is 5.81. The van der Waals surface area contributed by atoms with Crippen molar-refractivity contribution >= 4 is 5.78 Å². The van der Waals surface area contributed by atoms with Crippen LogP contribution in [0.5, 0.6) is 0 Å². The van der Waals surface area contributed by atoms with Gasteiger partial charge in [-0.1, -0.05) is 0 Å². The van der Waals surface area contributed by atoms with Gasteiger partial charge >= 0.3 is 0 Å². The second-order valence-corrected chi connectivity index (χ2v) is 2.17. The van der Waals surface area contributed by atoms with Crippen LogP contribution in [0.2, 0.25) is 0 Å². The zero-order valence-electron chi connectivity index (χ0n) is 6.16. The van der Waals surface area contributed by atoms with Gasteiger partial charge in [-0.15, -0.1) is 0 Å². The molecule has 1 atom stereocenters. The molecule has 4 heteroatoms. The smallest absolute Gasteiger partial charge is 0.153 e. The van der Waals surface area contributed by atoms with Crippen molar-refractivity contribution in [3.05, 3.63) is 0 Å². The molecule has 0 saturated heterocycles. The fourth-order valence-corrected chi connectivity index (χ4v) is 0.698. The van der Waals surface area contributed by atoms with Crippen LogP contribution < -0.4 is 5.32 Å². The Morgan fingerprint density at radius 2 is 2.10 bits per heavy atom. The van der Waals surface area contributed by atoms with E-state index in [2.05, 4.69) is 5.32 Å². The maximum Gasteiger partial charge on any atom is 0.153 e. The molecule has 0 radical (unpaired) electrons. The minimum absolute atomic E-state index is 0.0475. The molecule has 4 nitrogen and oxygen atoms in total. The molecule has 0 aromatic carbocycles. The first-order valence-electron chi connectivity index (χ1n) is 3.11. The lowest BCUT2D eigenvalue weighted by Crippen LogP contribution is -2.35. The van der Waals surface area contributed by atoms with E-state index < -0.39 is 12.3 Å². The second-order valence-electron chi connectivity index (χ2n) is 2.17. The molecule has 3 N–H and O–H groups in total. The van der Waals surface area contributed by atoms with Gasteiger partial charge in [0.05, 0.1) is 6.04 Å². The Morgan fingerprint density at radius 3 is 2.20 bits per heavy atom. The molecule has 0 aromatic rings. The number of aliphatic hydroxyl groups excluding tert-OH is 1. The predicted molar refractivity (Wildman–Crippen MR) is 36.4 cm³/mol. The number of hydrogen-bond acceptors (Lipinski definition) is 4. The van der Waals surface area contributed by atoms with E-state index in [-0.39, 0.29) is 12.2 Å². The standard InChI is InChI=1S/C6H13NO3/c1-4(8)5(7-2)3-6(9)10/h5-7,9-10H,3H2,1-2H3/t5-/m0/s1. The number of aliphatic hydroxyl groups is 2. The molecule has 0 aliphatic rings. The topological polar surface area (TPSA) is 69.6 Å². The zero-order chi connectivity index (χ0) is 8.15. The highest BCUT2D eigenvalue weighted by atomic mass is 16.5. The molecular formula is C6H13NO3. The summed E-state index contributed by atoms with van der Waals surface area (Å²) in [6.45, 7) is 1.41. The van der Waals surface area contributed by atoms with Crippen molar-refractivity contribution < 1.29 is 15.0 Å². The number of hydrogen-bond donors (Lipinski definition) is 3. The Hall–Kier alpha value is -0.450. The number of likely N-dealkylation sites (N-methyl/N-ethyl adjacent to an activating group) is 1. The number of nitrogens with one attached hydrogen (secondary N) is 1. The first-order chi connectivity index (χ1) is 4.57. The fourth-order valence-electron chi connectivity index (χ4n) is 0.698. The quantitative estimate of drug-likeness (QED) is 0.440. The summed E-state index contributed by atoms with van der Waals surface area (Å²) < 4.78 is 0. The minimum atomic E-state index is -1.42. The van der Waals surface area contributed by atoms with E-state index in [1.165, 1.54) is 6.92 Å². The molecule has 0 unspecified atom stereocenters. The Kier molecular flexibility index (Phi) is 4.18. The van der Waals surface area contributed by atoms with Crippen molar-refractivity contribution in [2.45, 2.75) is 25.7 Å². The minimum Gasteiger partial charge on any atom is -0.368 e. The molecule has 0 heterocycles. The van der Waals surface area contributed by atoms with E-state index in [0.29, 0.717) is 0 Å². The normalized spacial score (nSPS) is 13.7. The third kappa shape index (κ3) is 3.55. The summed E-state index contributed by atoms with van der Waals surface area (Å²) in [4.78, 5) is 10.6. The highest BCUT2D eigenvalue weighted by Gasteiger charge is 2.14. The molecule has 10 heavy (non-hydrogen) atoms. The van der Waals surface area contributed by atoms with Crippen LogP contribution in [0.15, 0.2) is 0 Å². The van der Waals surface area contributed by atoms with Crippen LogP contribution in [0.25, 0.3) is 0 Å². The number of rotatable bonds is 4. The molecule has 0 bridgehead atoms. The average molecular weight is 147 g/mol. The van der Waals surface area contributed by atoms with Gasteiger partial charge in [-0.05, 0) is 14.0 Å². The van der Waals surface area contributed by atoms with Gasteiger partial charge in [0.15, 0.2) is 6.29 Å². The van der Waals surface area contributed by atoms with Gasteiger partial charge in [0.1, 0.15) is 5.78 Å². The molecule has 60 valence electrons. The largest absolute Gasteiger partial charge is 0.368 e. The Bertz CT molecular complexity index is 114. The van der Waals surface area contributed by atoms with Crippen molar-refractivity contribution in [3.63, 3.8) is 0 Å². The molecule has 0 amide bonds. The van der Waals surface area contributed by atoms with E-state index >= 15 is 0 Å². The monoisotopic (exact) mass is 147 g/mol. The first kappa shape index (κ1) is 9.55. The van der Waals surface area contributed by atoms with E-state index in [9.17, 15) is 4.79 Å². The van der Waals surface area contributed by atoms with Crippen molar-refractivity contribution in [1.82, 2.24) is 5.32 Å². The maximum atomic E-state index is 10.6. The van der Waals surface area contributed by atoms with Crippen molar-refractivity contribution in [3.8, 4) is 0 Å². The van der Waals surface area contributed by atoms with Gasteiger partial charge in [-0.3, -0.25) is 4.79 Å². The van der Waals surface area contributed by atoms with E-state index in [4.69, 9.17) is 10.2 Å². The molecule has 0 spiro atoms. The zero-order valence-corrected chi connectivity index (χ0v) is 6.16. The lowest BCUT2D eigenvalue weighted by atomic mass is 10.1. The lowest BCUT2D eigenvalue weighted by Gasteiger charge is -2.12. The van der Waals surface area contributed by atoms with Crippen LogP contribution in [0.1, 0.15) is 13.3 Å². The summed E-state index contributed by atoms with van der Waals surface area (Å²) in [6.07, 6.45) is -1.37.